The Bertz CT molecular complexity index is 824. The van der Waals surface area contributed by atoms with E-state index >= 15 is 0 Å². The quantitative estimate of drug-likeness (QED) is 0.768. The van der Waals surface area contributed by atoms with Gasteiger partial charge in [-0.05, 0) is 43.2 Å². The van der Waals surface area contributed by atoms with Crippen LogP contribution in [-0.2, 0) is 21.2 Å². The minimum atomic E-state index is -3.48. The molecule has 5 nitrogen and oxygen atoms in total. The van der Waals surface area contributed by atoms with Gasteiger partial charge in [0.1, 0.15) is 0 Å². The Labute approximate surface area is 156 Å². The van der Waals surface area contributed by atoms with Crippen molar-refractivity contribution in [1.29, 1.82) is 0 Å². The van der Waals surface area contributed by atoms with Gasteiger partial charge in [-0.2, -0.15) is 4.31 Å². The second-order valence-electron chi connectivity index (χ2n) is 6.15. The molecular weight excluding hydrogens is 348 g/mol. The van der Waals surface area contributed by atoms with Crippen molar-refractivity contribution in [2.75, 3.05) is 18.4 Å². The van der Waals surface area contributed by atoms with E-state index in [0.717, 1.165) is 5.56 Å². The number of benzene rings is 2. The standard InChI is InChI=1S/C20H26N2O3S/c1-4-22(5-2)26(24,25)19-13-11-18(12-14-19)21-20(23)15-10-17-8-6-16(3)7-9-17/h6-9,11-14H,4-5,10,15H2,1-3H3,(H,21,23). The Morgan fingerprint density at radius 1 is 0.962 bits per heavy atom. The summed E-state index contributed by atoms with van der Waals surface area (Å²) in [5.74, 6) is -0.0927. The van der Waals surface area contributed by atoms with Gasteiger partial charge >= 0.3 is 0 Å². The topological polar surface area (TPSA) is 66.5 Å². The van der Waals surface area contributed by atoms with Crippen molar-refractivity contribution in [2.24, 2.45) is 0 Å². The van der Waals surface area contributed by atoms with Crippen LogP contribution in [0, 0.1) is 6.92 Å². The zero-order valence-electron chi connectivity index (χ0n) is 15.5. The van der Waals surface area contributed by atoms with Gasteiger partial charge in [0.05, 0.1) is 4.90 Å². The summed E-state index contributed by atoms with van der Waals surface area (Å²) in [5, 5.41) is 2.81. The van der Waals surface area contributed by atoms with Gasteiger partial charge in [-0.15, -0.1) is 0 Å². The van der Waals surface area contributed by atoms with Crippen molar-refractivity contribution in [1.82, 2.24) is 4.31 Å². The third kappa shape index (κ3) is 5.16. The van der Waals surface area contributed by atoms with Crippen LogP contribution in [0.1, 0.15) is 31.4 Å². The molecule has 0 saturated heterocycles. The Morgan fingerprint density at radius 3 is 2.08 bits per heavy atom. The monoisotopic (exact) mass is 374 g/mol. The summed E-state index contributed by atoms with van der Waals surface area (Å²) in [7, 11) is -3.48. The molecule has 0 unspecified atom stereocenters. The van der Waals surface area contributed by atoms with Gasteiger partial charge in [0, 0.05) is 25.2 Å². The number of hydrogen-bond acceptors (Lipinski definition) is 3. The number of carbonyl (C=O) groups is 1. The van der Waals surface area contributed by atoms with Crippen LogP contribution in [0.2, 0.25) is 0 Å². The second-order valence-corrected chi connectivity index (χ2v) is 8.09. The average molecular weight is 375 g/mol. The molecule has 0 saturated carbocycles. The molecule has 0 aliphatic heterocycles. The molecule has 0 aliphatic carbocycles. The minimum absolute atomic E-state index is 0.0927. The van der Waals surface area contributed by atoms with Crippen LogP contribution < -0.4 is 5.32 Å². The first-order chi connectivity index (χ1) is 12.4. The van der Waals surface area contributed by atoms with E-state index < -0.39 is 10.0 Å². The fourth-order valence-electron chi connectivity index (χ4n) is 2.66. The van der Waals surface area contributed by atoms with Crippen molar-refractivity contribution in [3.8, 4) is 0 Å². The van der Waals surface area contributed by atoms with Crippen molar-refractivity contribution < 1.29 is 13.2 Å². The predicted octanol–water partition coefficient (Wildman–Crippen LogP) is 3.60. The summed E-state index contributed by atoms with van der Waals surface area (Å²) in [6.45, 7) is 6.50. The first kappa shape index (κ1) is 20.1. The van der Waals surface area contributed by atoms with Gasteiger partial charge in [-0.1, -0.05) is 43.7 Å². The number of hydrogen-bond donors (Lipinski definition) is 1. The van der Waals surface area contributed by atoms with Crippen molar-refractivity contribution >= 4 is 21.6 Å². The fourth-order valence-corrected chi connectivity index (χ4v) is 4.12. The van der Waals surface area contributed by atoms with E-state index in [1.807, 2.05) is 45.0 Å². The maximum Gasteiger partial charge on any atom is 0.243 e. The molecule has 0 atom stereocenters. The molecule has 0 aromatic heterocycles. The molecule has 0 spiro atoms. The van der Waals surface area contributed by atoms with E-state index in [1.165, 1.54) is 22.0 Å². The molecule has 0 fully saturated rings. The summed E-state index contributed by atoms with van der Waals surface area (Å²) < 4.78 is 26.3. The molecule has 0 heterocycles. The van der Waals surface area contributed by atoms with E-state index in [0.29, 0.717) is 31.6 Å². The number of sulfonamides is 1. The number of amides is 1. The molecule has 0 aliphatic rings. The summed E-state index contributed by atoms with van der Waals surface area (Å²) in [6, 6.07) is 14.4. The van der Waals surface area contributed by atoms with Gasteiger partial charge in [0.2, 0.25) is 15.9 Å². The van der Waals surface area contributed by atoms with Crippen LogP contribution in [0.5, 0.6) is 0 Å². The minimum Gasteiger partial charge on any atom is -0.326 e. The molecule has 26 heavy (non-hydrogen) atoms. The molecule has 0 radical (unpaired) electrons. The number of anilines is 1. The predicted molar refractivity (Wildman–Crippen MR) is 105 cm³/mol. The Morgan fingerprint density at radius 2 is 1.54 bits per heavy atom. The number of aryl methyl sites for hydroxylation is 2. The molecule has 1 amide bonds. The van der Waals surface area contributed by atoms with E-state index in [4.69, 9.17) is 0 Å². The van der Waals surface area contributed by atoms with Crippen LogP contribution in [0.25, 0.3) is 0 Å². The smallest absolute Gasteiger partial charge is 0.243 e. The zero-order chi connectivity index (χ0) is 19.2. The summed E-state index contributed by atoms with van der Waals surface area (Å²) in [4.78, 5) is 12.3. The maximum atomic E-state index is 12.4. The van der Waals surface area contributed by atoms with Crippen molar-refractivity contribution in [2.45, 2.75) is 38.5 Å². The van der Waals surface area contributed by atoms with Crippen molar-refractivity contribution in [3.63, 3.8) is 0 Å². The lowest BCUT2D eigenvalue weighted by atomic mass is 10.1. The highest BCUT2D eigenvalue weighted by Crippen LogP contribution is 2.18. The highest BCUT2D eigenvalue weighted by molar-refractivity contribution is 7.89. The lowest BCUT2D eigenvalue weighted by Gasteiger charge is -2.18. The largest absolute Gasteiger partial charge is 0.326 e. The first-order valence-electron chi connectivity index (χ1n) is 8.82. The summed E-state index contributed by atoms with van der Waals surface area (Å²) in [6.07, 6.45) is 1.04. The van der Waals surface area contributed by atoms with Gasteiger partial charge in [0.25, 0.3) is 0 Å². The van der Waals surface area contributed by atoms with Crippen LogP contribution >= 0.6 is 0 Å². The van der Waals surface area contributed by atoms with Crippen LogP contribution in [0.15, 0.2) is 53.4 Å². The number of carbonyl (C=O) groups excluding carboxylic acids is 1. The van der Waals surface area contributed by atoms with Crippen molar-refractivity contribution in [3.05, 3.63) is 59.7 Å². The molecule has 2 aromatic rings. The molecular formula is C20H26N2O3S. The molecule has 6 heteroatoms. The van der Waals surface area contributed by atoms with Gasteiger partial charge in [-0.25, -0.2) is 8.42 Å². The zero-order valence-corrected chi connectivity index (χ0v) is 16.3. The van der Waals surface area contributed by atoms with E-state index in [-0.39, 0.29) is 10.8 Å². The normalized spacial score (nSPS) is 11.5. The summed E-state index contributed by atoms with van der Waals surface area (Å²) in [5.41, 5.74) is 2.90. The fraction of sp³-hybridized carbons (Fsp3) is 0.350. The van der Waals surface area contributed by atoms with Crippen LogP contribution in [0.4, 0.5) is 5.69 Å². The molecule has 1 N–H and O–H groups in total. The van der Waals surface area contributed by atoms with Gasteiger partial charge in [-0.3, -0.25) is 4.79 Å². The molecule has 0 bridgehead atoms. The number of nitrogens with zero attached hydrogens (tertiary/aromatic N) is 1. The highest BCUT2D eigenvalue weighted by atomic mass is 32.2. The Kier molecular flexibility index (Phi) is 6.94. The lowest BCUT2D eigenvalue weighted by molar-refractivity contribution is -0.116. The van der Waals surface area contributed by atoms with E-state index in [1.54, 1.807) is 12.1 Å². The van der Waals surface area contributed by atoms with E-state index in [9.17, 15) is 13.2 Å². The Balaban J connectivity index is 1.96. The molecule has 2 rings (SSSR count). The van der Waals surface area contributed by atoms with Gasteiger partial charge < -0.3 is 5.32 Å². The van der Waals surface area contributed by atoms with Gasteiger partial charge in [0.15, 0.2) is 0 Å². The summed E-state index contributed by atoms with van der Waals surface area (Å²) >= 11 is 0. The SMILES string of the molecule is CCN(CC)S(=O)(=O)c1ccc(NC(=O)CCc2ccc(C)cc2)cc1. The molecule has 140 valence electrons. The third-order valence-electron chi connectivity index (χ3n) is 4.24. The lowest BCUT2D eigenvalue weighted by Crippen LogP contribution is -2.30. The second kappa shape index (κ2) is 8.96. The highest BCUT2D eigenvalue weighted by Gasteiger charge is 2.21. The third-order valence-corrected chi connectivity index (χ3v) is 6.31. The Hall–Kier alpha value is -2.18. The average Bonchev–Trinajstić information content (AvgIpc) is 2.62. The molecule has 2 aromatic carbocycles. The first-order valence-corrected chi connectivity index (χ1v) is 10.3. The maximum absolute atomic E-state index is 12.4. The number of rotatable bonds is 8. The van der Waals surface area contributed by atoms with Crippen LogP contribution in [-0.4, -0.2) is 31.7 Å². The van der Waals surface area contributed by atoms with E-state index in [2.05, 4.69) is 5.32 Å². The van der Waals surface area contributed by atoms with Crippen LogP contribution in [0.3, 0.4) is 0 Å². The number of nitrogens with one attached hydrogen (secondary N) is 1.